The van der Waals surface area contributed by atoms with Crippen LogP contribution >= 0.6 is 0 Å². The van der Waals surface area contributed by atoms with Gasteiger partial charge in [-0.15, -0.1) is 5.54 Å². The molecule has 2 N–H and O–H groups in total. The number of nitrogens with zero attached hydrogens (tertiary/aromatic N) is 2. The van der Waals surface area contributed by atoms with Crippen molar-refractivity contribution < 1.29 is 18.7 Å². The molecule has 0 saturated carbocycles. The Hall–Kier alpha value is -2.66. The summed E-state index contributed by atoms with van der Waals surface area (Å²) in [7, 11) is -1.47. The van der Waals surface area contributed by atoms with E-state index in [1.165, 1.54) is 0 Å². The number of aromatic nitrogens is 2. The van der Waals surface area contributed by atoms with E-state index in [1.807, 2.05) is 24.3 Å². The van der Waals surface area contributed by atoms with E-state index in [0.717, 1.165) is 16.0 Å². The fourth-order valence-corrected chi connectivity index (χ4v) is 4.55. The number of H-pyrrole nitrogens is 1. The second-order valence-corrected chi connectivity index (χ2v) is 15.0. The van der Waals surface area contributed by atoms with Crippen molar-refractivity contribution in [3.63, 3.8) is 0 Å². The highest BCUT2D eigenvalue weighted by atomic mass is 28.3. The number of imidazole rings is 1. The van der Waals surface area contributed by atoms with Gasteiger partial charge in [0.15, 0.2) is 0 Å². The Balaban J connectivity index is 2.01. The number of carbonyl (C=O) groups is 1. The summed E-state index contributed by atoms with van der Waals surface area (Å²) in [5, 5.41) is 9.71. The maximum atomic E-state index is 14.4. The van der Waals surface area contributed by atoms with Gasteiger partial charge >= 0.3 is 6.09 Å². The molecule has 31 heavy (non-hydrogen) atoms. The van der Waals surface area contributed by atoms with Crippen LogP contribution in [0.5, 0.6) is 0 Å². The topological polar surface area (TPSA) is 69.2 Å². The lowest BCUT2D eigenvalue weighted by Crippen LogP contribution is -2.53. The molecular formula is C23H29F2N3O2Si. The van der Waals surface area contributed by atoms with Gasteiger partial charge in [-0.1, -0.05) is 58.5 Å². The summed E-state index contributed by atoms with van der Waals surface area (Å²) in [6.45, 7) is 11.0. The number of alkyl halides is 2. The van der Waals surface area contributed by atoms with Crippen LogP contribution in [0.4, 0.5) is 13.6 Å². The number of amides is 1. The molecule has 1 aliphatic heterocycles. The number of rotatable bonds is 2. The Morgan fingerprint density at radius 3 is 2.35 bits per heavy atom. The number of likely N-dealkylation sites (tertiary alicyclic amines) is 1. The van der Waals surface area contributed by atoms with Crippen molar-refractivity contribution in [2.75, 3.05) is 6.54 Å². The first-order valence-corrected chi connectivity index (χ1v) is 13.7. The van der Waals surface area contributed by atoms with Gasteiger partial charge in [0.1, 0.15) is 19.4 Å². The number of nitrogens with one attached hydrogen (secondary N) is 1. The highest BCUT2D eigenvalue weighted by Crippen LogP contribution is 2.54. The van der Waals surface area contributed by atoms with E-state index >= 15 is 0 Å². The Labute approximate surface area is 182 Å². The standard InChI is InChI=1S/C23H29F2N3O2Si/c1-21(2,3)23(14-22(24,25)15-28(23)20(29)30)19-26-13-18(27-19)17-9-7-16(8-10-17)11-12-31(4,5)6/h7-10,13H,14-15H2,1-6H3,(H,26,27)(H,29,30). The van der Waals surface area contributed by atoms with Crippen LogP contribution < -0.4 is 0 Å². The average Bonchev–Trinajstić information content (AvgIpc) is 3.22. The summed E-state index contributed by atoms with van der Waals surface area (Å²) in [5.41, 5.74) is 3.42. The van der Waals surface area contributed by atoms with E-state index in [9.17, 15) is 18.7 Å². The van der Waals surface area contributed by atoms with Crippen LogP contribution in [0.25, 0.3) is 11.3 Å². The second kappa shape index (κ2) is 7.48. The van der Waals surface area contributed by atoms with Crippen molar-refractivity contribution in [2.24, 2.45) is 5.41 Å². The van der Waals surface area contributed by atoms with Crippen LogP contribution in [0, 0.1) is 16.9 Å². The molecule has 5 nitrogen and oxygen atoms in total. The number of halogens is 2. The van der Waals surface area contributed by atoms with E-state index in [4.69, 9.17) is 0 Å². The fraction of sp³-hybridized carbons (Fsp3) is 0.478. The van der Waals surface area contributed by atoms with Gasteiger partial charge < -0.3 is 10.1 Å². The molecule has 1 aromatic carbocycles. The lowest BCUT2D eigenvalue weighted by Gasteiger charge is -2.44. The number of carboxylic acid groups (broad SMARTS) is 1. The molecule has 1 amide bonds. The van der Waals surface area contributed by atoms with Crippen molar-refractivity contribution in [3.8, 4) is 22.7 Å². The van der Waals surface area contributed by atoms with Crippen molar-refractivity contribution in [1.82, 2.24) is 14.9 Å². The average molecular weight is 446 g/mol. The van der Waals surface area contributed by atoms with E-state index < -0.39 is 44.0 Å². The second-order valence-electron chi connectivity index (χ2n) is 10.2. The van der Waals surface area contributed by atoms with Crippen molar-refractivity contribution in [1.29, 1.82) is 0 Å². The van der Waals surface area contributed by atoms with Gasteiger partial charge in [-0.2, -0.15) is 0 Å². The van der Waals surface area contributed by atoms with E-state index in [-0.39, 0.29) is 5.82 Å². The summed E-state index contributed by atoms with van der Waals surface area (Å²) >= 11 is 0. The number of hydrogen-bond acceptors (Lipinski definition) is 2. The van der Waals surface area contributed by atoms with Crippen LogP contribution in [0.1, 0.15) is 38.6 Å². The quantitative estimate of drug-likeness (QED) is 0.469. The van der Waals surface area contributed by atoms with Crippen LogP contribution in [-0.4, -0.2) is 46.6 Å². The first-order chi connectivity index (χ1) is 14.1. The monoisotopic (exact) mass is 445 g/mol. The summed E-state index contributed by atoms with van der Waals surface area (Å²) in [5.74, 6) is 0.301. The van der Waals surface area contributed by atoms with Gasteiger partial charge in [-0.25, -0.2) is 18.6 Å². The first kappa shape index (κ1) is 23.0. The van der Waals surface area contributed by atoms with Gasteiger partial charge in [0, 0.05) is 12.0 Å². The van der Waals surface area contributed by atoms with Gasteiger partial charge in [0.25, 0.3) is 5.92 Å². The minimum absolute atomic E-state index is 0.233. The zero-order valence-corrected chi connectivity index (χ0v) is 19.8. The number of aromatic amines is 1. The lowest BCUT2D eigenvalue weighted by molar-refractivity contribution is 0.000803. The molecule has 0 spiro atoms. The molecule has 3 rings (SSSR count). The third-order valence-corrected chi connectivity index (χ3v) is 6.46. The molecule has 1 aromatic heterocycles. The molecule has 1 saturated heterocycles. The summed E-state index contributed by atoms with van der Waals surface area (Å²) in [4.78, 5) is 20.3. The molecular weight excluding hydrogens is 416 g/mol. The highest BCUT2D eigenvalue weighted by molar-refractivity contribution is 6.83. The fourth-order valence-electron chi connectivity index (χ4n) is 4.03. The zero-order chi connectivity index (χ0) is 23.2. The minimum Gasteiger partial charge on any atom is -0.465 e. The van der Waals surface area contributed by atoms with Crippen LogP contribution in [0.15, 0.2) is 30.5 Å². The van der Waals surface area contributed by atoms with Crippen LogP contribution in [-0.2, 0) is 5.54 Å². The van der Waals surface area contributed by atoms with Gasteiger partial charge in [-0.3, -0.25) is 4.90 Å². The van der Waals surface area contributed by atoms with Crippen molar-refractivity contribution in [3.05, 3.63) is 41.9 Å². The molecule has 1 unspecified atom stereocenters. The normalized spacial score (nSPS) is 21.0. The SMILES string of the molecule is CC(C)(C)C1(c2ncc(-c3ccc(C#C[Si](C)(C)C)cc3)[nH]2)CC(F)(F)CN1C(=O)O. The Bertz CT molecular complexity index is 1040. The largest absolute Gasteiger partial charge is 0.465 e. The molecule has 2 aromatic rings. The van der Waals surface area contributed by atoms with E-state index in [0.29, 0.717) is 5.69 Å². The lowest BCUT2D eigenvalue weighted by atomic mass is 9.71. The smallest absolute Gasteiger partial charge is 0.408 e. The maximum absolute atomic E-state index is 14.4. The molecule has 1 aliphatic rings. The number of benzene rings is 1. The zero-order valence-electron chi connectivity index (χ0n) is 18.8. The third-order valence-electron chi connectivity index (χ3n) is 5.58. The molecule has 2 heterocycles. The molecule has 1 fully saturated rings. The molecule has 0 bridgehead atoms. The van der Waals surface area contributed by atoms with Crippen molar-refractivity contribution >= 4 is 14.2 Å². The maximum Gasteiger partial charge on any atom is 0.408 e. The van der Waals surface area contributed by atoms with Crippen molar-refractivity contribution in [2.45, 2.75) is 58.3 Å². The van der Waals surface area contributed by atoms with Gasteiger partial charge in [-0.05, 0) is 23.1 Å². The minimum atomic E-state index is -3.13. The third kappa shape index (κ3) is 4.52. The highest BCUT2D eigenvalue weighted by Gasteiger charge is 2.64. The molecule has 8 heteroatoms. The van der Waals surface area contributed by atoms with E-state index in [1.54, 1.807) is 27.0 Å². The van der Waals surface area contributed by atoms with Crippen LogP contribution in [0.3, 0.4) is 0 Å². The Kier molecular flexibility index (Phi) is 5.55. The molecule has 0 aliphatic carbocycles. The first-order valence-electron chi connectivity index (χ1n) is 10.2. The van der Waals surface area contributed by atoms with Gasteiger partial charge in [0.2, 0.25) is 0 Å². The molecule has 0 radical (unpaired) electrons. The summed E-state index contributed by atoms with van der Waals surface area (Å²) in [6.07, 6.45) is -0.425. The summed E-state index contributed by atoms with van der Waals surface area (Å²) in [6, 6.07) is 7.62. The predicted octanol–water partition coefficient (Wildman–Crippen LogP) is 5.57. The van der Waals surface area contributed by atoms with Gasteiger partial charge in [0.05, 0.1) is 18.4 Å². The predicted molar refractivity (Wildman–Crippen MR) is 120 cm³/mol. The molecule has 166 valence electrons. The Morgan fingerprint density at radius 1 is 1.23 bits per heavy atom. The number of hydrogen-bond donors (Lipinski definition) is 2. The summed E-state index contributed by atoms with van der Waals surface area (Å²) < 4.78 is 28.9. The van der Waals surface area contributed by atoms with E-state index in [2.05, 4.69) is 41.1 Å². The Morgan fingerprint density at radius 2 is 1.84 bits per heavy atom. The van der Waals surface area contributed by atoms with Crippen LogP contribution in [0.2, 0.25) is 19.6 Å². The molecule has 1 atom stereocenters.